The molecule has 0 aliphatic heterocycles. The third-order valence-corrected chi connectivity index (χ3v) is 4.86. The molecule has 4 rings (SSSR count). The van der Waals surface area contributed by atoms with Crippen LogP contribution in [-0.2, 0) is 17.9 Å². The molecule has 4 aromatic rings. The topological polar surface area (TPSA) is 141 Å². The Kier molecular flexibility index (Phi) is 8.60. The van der Waals surface area contributed by atoms with E-state index in [9.17, 15) is 4.79 Å². The van der Waals surface area contributed by atoms with Crippen molar-refractivity contribution in [3.05, 3.63) is 84.3 Å². The summed E-state index contributed by atoms with van der Waals surface area (Å²) in [6, 6.07) is 10.8. The fourth-order valence-corrected chi connectivity index (χ4v) is 3.16. The van der Waals surface area contributed by atoms with Crippen LogP contribution in [0.1, 0.15) is 11.4 Å². The molecule has 4 N–H and O–H groups in total. The minimum absolute atomic E-state index is 0. The Bertz CT molecular complexity index is 1320. The molecule has 10 nitrogen and oxygen atoms in total. The van der Waals surface area contributed by atoms with Gasteiger partial charge >= 0.3 is 0 Å². The van der Waals surface area contributed by atoms with Gasteiger partial charge in [0.1, 0.15) is 42.1 Å². The van der Waals surface area contributed by atoms with Crippen molar-refractivity contribution in [2.24, 2.45) is 0 Å². The highest BCUT2D eigenvalue weighted by atomic mass is 35.5. The highest BCUT2D eigenvalue weighted by Gasteiger charge is 2.18. The normalized spacial score (nSPS) is 10.2. The van der Waals surface area contributed by atoms with Crippen LogP contribution in [0, 0.1) is 0 Å². The molecule has 0 bridgehead atoms. The van der Waals surface area contributed by atoms with Crippen molar-refractivity contribution in [2.45, 2.75) is 13.2 Å². The number of nitrogens with one attached hydrogen (secondary N) is 2. The highest BCUT2D eigenvalue weighted by Crippen LogP contribution is 2.34. The van der Waals surface area contributed by atoms with Crippen LogP contribution in [0.15, 0.2) is 72.3 Å². The fourth-order valence-electron chi connectivity index (χ4n) is 2.93. The van der Waals surface area contributed by atoms with E-state index in [2.05, 4.69) is 37.1 Å². The third kappa shape index (κ3) is 6.46. The number of nitrogens with two attached hydrogens (primary N) is 1. The maximum atomic E-state index is 11.4. The zero-order valence-corrected chi connectivity index (χ0v) is 19.8. The highest BCUT2D eigenvalue weighted by molar-refractivity contribution is 6.32. The zero-order valence-electron chi connectivity index (χ0n) is 18.3. The smallest absolute Gasteiger partial charge is 0.243 e. The summed E-state index contributed by atoms with van der Waals surface area (Å²) < 4.78 is 11.3. The van der Waals surface area contributed by atoms with Crippen LogP contribution >= 0.6 is 24.0 Å². The molecule has 0 radical (unpaired) electrons. The molecule has 0 spiro atoms. The zero-order chi connectivity index (χ0) is 23.9. The second-order valence-electron chi connectivity index (χ2n) is 6.93. The second-order valence-corrected chi connectivity index (χ2v) is 7.34. The minimum atomic E-state index is -0.321. The number of carbonyl (C=O) groups is 1. The monoisotopic (exact) mass is 513 g/mol. The largest absolute Gasteiger partial charge is 0.486 e. The molecule has 3 heterocycles. The predicted molar refractivity (Wildman–Crippen MR) is 135 cm³/mol. The van der Waals surface area contributed by atoms with Crippen molar-refractivity contribution in [3.63, 3.8) is 0 Å². The molecule has 1 amide bonds. The molecule has 180 valence electrons. The van der Waals surface area contributed by atoms with Crippen LogP contribution in [0.5, 0.6) is 5.75 Å². The number of halogens is 2. The summed E-state index contributed by atoms with van der Waals surface area (Å²) in [5.74, 6) is 0.930. The number of hydrogen-bond donors (Lipinski definition) is 3. The SMILES string of the molecule is C=CC(=O)NCc1coc(-c2c(N)ncnc2Nc2ccc(OCc3ccccn3)c(Cl)c2)n1.Cl. The van der Waals surface area contributed by atoms with E-state index in [0.29, 0.717) is 40.1 Å². The Labute approximate surface area is 212 Å². The van der Waals surface area contributed by atoms with Crippen LogP contribution in [0.2, 0.25) is 5.02 Å². The van der Waals surface area contributed by atoms with Gasteiger partial charge in [-0.3, -0.25) is 9.78 Å². The Morgan fingerprint density at radius 1 is 1.20 bits per heavy atom. The van der Waals surface area contributed by atoms with E-state index in [0.717, 1.165) is 5.69 Å². The number of pyridine rings is 1. The van der Waals surface area contributed by atoms with E-state index in [1.165, 1.54) is 18.7 Å². The average Bonchev–Trinajstić information content (AvgIpc) is 3.31. The van der Waals surface area contributed by atoms with Crippen LogP contribution < -0.4 is 21.1 Å². The maximum absolute atomic E-state index is 11.4. The number of nitrogens with zero attached hydrogens (tertiary/aromatic N) is 4. The molecule has 1 aromatic carbocycles. The average molecular weight is 514 g/mol. The van der Waals surface area contributed by atoms with Gasteiger partial charge in [-0.25, -0.2) is 15.0 Å². The summed E-state index contributed by atoms with van der Waals surface area (Å²) in [5, 5.41) is 6.19. The van der Waals surface area contributed by atoms with Crippen molar-refractivity contribution in [1.29, 1.82) is 0 Å². The standard InChI is InChI=1S/C23H20ClN7O3.ClH/c1-2-19(32)27-10-16-12-34-23(31-16)20-21(25)28-13-29-22(20)30-14-6-7-18(17(24)9-14)33-11-15-5-3-4-8-26-15;/h2-9,12-13H,1,10-11H2,(H,27,32)(H3,25,28,29,30);1H. The summed E-state index contributed by atoms with van der Waals surface area (Å²) in [5.41, 5.74) is 8.38. The summed E-state index contributed by atoms with van der Waals surface area (Å²) in [4.78, 5) is 28.3. The molecule has 3 aromatic heterocycles. The number of benzene rings is 1. The molecular weight excluding hydrogens is 493 g/mol. The van der Waals surface area contributed by atoms with E-state index in [-0.39, 0.29) is 36.6 Å². The molecule has 0 saturated heterocycles. The predicted octanol–water partition coefficient (Wildman–Crippen LogP) is 4.31. The lowest BCUT2D eigenvalue weighted by Crippen LogP contribution is -2.20. The Hall–Kier alpha value is -4.15. The van der Waals surface area contributed by atoms with Gasteiger partial charge in [-0.15, -0.1) is 12.4 Å². The third-order valence-electron chi connectivity index (χ3n) is 4.57. The number of carbonyl (C=O) groups excluding carboxylic acids is 1. The number of hydrogen-bond acceptors (Lipinski definition) is 9. The van der Waals surface area contributed by atoms with Gasteiger partial charge in [0.2, 0.25) is 11.8 Å². The molecule has 0 fully saturated rings. The molecule has 12 heteroatoms. The fraction of sp³-hybridized carbons (Fsp3) is 0.0870. The first-order chi connectivity index (χ1) is 16.5. The van der Waals surface area contributed by atoms with E-state index in [1.807, 2.05) is 18.2 Å². The Morgan fingerprint density at radius 3 is 2.80 bits per heavy atom. The minimum Gasteiger partial charge on any atom is -0.486 e. The first kappa shape index (κ1) is 25.5. The quantitative estimate of drug-likeness (QED) is 0.279. The van der Waals surface area contributed by atoms with Gasteiger partial charge in [0.25, 0.3) is 0 Å². The van der Waals surface area contributed by atoms with Crippen molar-refractivity contribution < 1.29 is 13.9 Å². The van der Waals surface area contributed by atoms with Gasteiger partial charge in [0, 0.05) is 11.9 Å². The molecule has 0 saturated carbocycles. The van der Waals surface area contributed by atoms with Crippen LogP contribution in [0.25, 0.3) is 11.5 Å². The lowest BCUT2D eigenvalue weighted by Gasteiger charge is -2.12. The summed E-state index contributed by atoms with van der Waals surface area (Å²) in [7, 11) is 0. The summed E-state index contributed by atoms with van der Waals surface area (Å²) in [6.45, 7) is 3.87. The number of oxazole rings is 1. The number of aromatic nitrogens is 4. The lowest BCUT2D eigenvalue weighted by molar-refractivity contribution is -0.116. The van der Waals surface area contributed by atoms with Crippen molar-refractivity contribution in [1.82, 2.24) is 25.3 Å². The van der Waals surface area contributed by atoms with Crippen LogP contribution in [0.4, 0.5) is 17.3 Å². The van der Waals surface area contributed by atoms with Crippen molar-refractivity contribution >= 4 is 47.2 Å². The summed E-state index contributed by atoms with van der Waals surface area (Å²) in [6.07, 6.45) is 5.61. The summed E-state index contributed by atoms with van der Waals surface area (Å²) >= 11 is 6.41. The van der Waals surface area contributed by atoms with Gasteiger partial charge in [-0.2, -0.15) is 0 Å². The van der Waals surface area contributed by atoms with Crippen LogP contribution in [-0.4, -0.2) is 25.8 Å². The first-order valence-electron chi connectivity index (χ1n) is 10.1. The lowest BCUT2D eigenvalue weighted by atomic mass is 10.2. The van der Waals surface area contributed by atoms with E-state index in [4.69, 9.17) is 26.5 Å². The van der Waals surface area contributed by atoms with Gasteiger partial charge in [-0.1, -0.05) is 24.2 Å². The molecule has 35 heavy (non-hydrogen) atoms. The number of ether oxygens (including phenoxy) is 1. The molecule has 0 unspecified atom stereocenters. The van der Waals surface area contributed by atoms with Crippen molar-refractivity contribution in [3.8, 4) is 17.2 Å². The van der Waals surface area contributed by atoms with Crippen LogP contribution in [0.3, 0.4) is 0 Å². The number of nitrogen functional groups attached to an aromatic ring is 1. The first-order valence-corrected chi connectivity index (χ1v) is 10.5. The van der Waals surface area contributed by atoms with Gasteiger partial charge < -0.3 is 25.5 Å². The van der Waals surface area contributed by atoms with Gasteiger partial charge in [0.05, 0.1) is 23.0 Å². The van der Waals surface area contributed by atoms with E-state index in [1.54, 1.807) is 24.4 Å². The Morgan fingerprint density at radius 2 is 2.06 bits per heavy atom. The maximum Gasteiger partial charge on any atom is 0.243 e. The Balaban J connectivity index is 0.00000342. The molecule has 0 aliphatic carbocycles. The second kappa shape index (κ2) is 11.8. The van der Waals surface area contributed by atoms with Gasteiger partial charge in [-0.05, 0) is 36.4 Å². The molecular formula is C23H21Cl2N7O3. The molecule has 0 aliphatic rings. The number of anilines is 3. The van der Waals surface area contributed by atoms with Crippen molar-refractivity contribution in [2.75, 3.05) is 11.1 Å². The number of rotatable bonds is 9. The van der Waals surface area contributed by atoms with Gasteiger partial charge in [0.15, 0.2) is 0 Å². The van der Waals surface area contributed by atoms with E-state index < -0.39 is 0 Å². The van der Waals surface area contributed by atoms with E-state index >= 15 is 0 Å². The number of amides is 1. The molecule has 0 atom stereocenters.